The lowest BCUT2D eigenvalue weighted by atomic mass is 10.1. The van der Waals surface area contributed by atoms with Crippen LogP contribution >= 0.6 is 0 Å². The van der Waals surface area contributed by atoms with Crippen molar-refractivity contribution in [2.24, 2.45) is 0 Å². The van der Waals surface area contributed by atoms with Crippen molar-refractivity contribution in [3.8, 4) is 0 Å². The summed E-state index contributed by atoms with van der Waals surface area (Å²) in [6.07, 6.45) is 3.05. The fraction of sp³-hybridized carbons (Fsp3) is 0.333. The van der Waals surface area contributed by atoms with Gasteiger partial charge in [-0.2, -0.15) is 10.1 Å². The third kappa shape index (κ3) is 3.83. The number of anilines is 1. The molecule has 0 saturated carbocycles. The summed E-state index contributed by atoms with van der Waals surface area (Å²) in [6, 6.07) is 7.51. The van der Waals surface area contributed by atoms with E-state index in [1.807, 2.05) is 38.1 Å². The van der Waals surface area contributed by atoms with Gasteiger partial charge < -0.3 is 10.4 Å². The van der Waals surface area contributed by atoms with Crippen LogP contribution in [0.1, 0.15) is 28.9 Å². The first-order chi connectivity index (χ1) is 12.1. The molecule has 0 radical (unpaired) electrons. The molecule has 0 fully saturated rings. The molecule has 0 aliphatic carbocycles. The summed E-state index contributed by atoms with van der Waals surface area (Å²) in [5, 5.41) is 16.0. The van der Waals surface area contributed by atoms with Gasteiger partial charge in [0.05, 0.1) is 0 Å². The Labute approximate surface area is 145 Å². The van der Waals surface area contributed by atoms with Gasteiger partial charge in [0, 0.05) is 30.1 Å². The van der Waals surface area contributed by atoms with Gasteiger partial charge in [-0.25, -0.2) is 9.50 Å². The maximum Gasteiger partial charge on any atom is 0.252 e. The number of benzene rings is 1. The molecule has 7 heteroatoms. The molecular formula is C18H21N5O2. The maximum absolute atomic E-state index is 12.2. The van der Waals surface area contributed by atoms with Crippen molar-refractivity contribution >= 4 is 17.4 Å². The summed E-state index contributed by atoms with van der Waals surface area (Å²) in [6.45, 7) is 4.01. The molecule has 0 aliphatic rings. The summed E-state index contributed by atoms with van der Waals surface area (Å²) in [4.78, 5) is 20.7. The van der Waals surface area contributed by atoms with E-state index in [9.17, 15) is 4.79 Å². The SMILES string of the molecule is Cc1nc2ncnn2c(C)c1CCC(=O)Nc1ccc(CCO)cc1. The smallest absolute Gasteiger partial charge is 0.252 e. The standard InChI is InChI=1S/C18H21N5O2/c1-12-16(13(2)23-18(21-12)19-11-20-23)7-8-17(25)22-15-5-3-14(4-6-15)9-10-24/h3-6,11,24H,7-10H2,1-2H3,(H,22,25). The van der Waals surface area contributed by atoms with Gasteiger partial charge in [-0.1, -0.05) is 12.1 Å². The van der Waals surface area contributed by atoms with E-state index in [4.69, 9.17) is 5.11 Å². The number of aromatic nitrogens is 4. The van der Waals surface area contributed by atoms with Gasteiger partial charge in [0.15, 0.2) is 0 Å². The molecule has 0 atom stereocenters. The number of aliphatic hydroxyl groups excluding tert-OH is 1. The third-order valence-corrected chi connectivity index (χ3v) is 4.23. The first-order valence-electron chi connectivity index (χ1n) is 8.24. The molecule has 0 bridgehead atoms. The van der Waals surface area contributed by atoms with E-state index >= 15 is 0 Å². The van der Waals surface area contributed by atoms with Crippen LogP contribution in [0, 0.1) is 13.8 Å². The highest BCUT2D eigenvalue weighted by atomic mass is 16.3. The Hall–Kier alpha value is -2.80. The van der Waals surface area contributed by atoms with E-state index in [1.165, 1.54) is 6.33 Å². The van der Waals surface area contributed by atoms with Gasteiger partial charge in [-0.3, -0.25) is 4.79 Å². The maximum atomic E-state index is 12.2. The van der Waals surface area contributed by atoms with E-state index < -0.39 is 0 Å². The van der Waals surface area contributed by atoms with Crippen LogP contribution in [0.3, 0.4) is 0 Å². The molecule has 7 nitrogen and oxygen atoms in total. The summed E-state index contributed by atoms with van der Waals surface area (Å²) < 4.78 is 1.69. The van der Waals surface area contributed by atoms with Crippen molar-refractivity contribution in [1.29, 1.82) is 0 Å². The topological polar surface area (TPSA) is 92.4 Å². The van der Waals surface area contributed by atoms with E-state index in [1.54, 1.807) is 4.52 Å². The number of rotatable bonds is 6. The van der Waals surface area contributed by atoms with E-state index in [0.29, 0.717) is 25.0 Å². The van der Waals surface area contributed by atoms with Crippen molar-refractivity contribution in [2.45, 2.75) is 33.1 Å². The zero-order valence-electron chi connectivity index (χ0n) is 14.4. The Bertz CT molecular complexity index is 886. The van der Waals surface area contributed by atoms with E-state index in [2.05, 4.69) is 20.4 Å². The predicted octanol–water partition coefficient (Wildman–Crippen LogP) is 1.85. The molecule has 130 valence electrons. The van der Waals surface area contributed by atoms with Crippen LogP contribution in [0.5, 0.6) is 0 Å². The van der Waals surface area contributed by atoms with Crippen LogP contribution in [0.4, 0.5) is 5.69 Å². The molecule has 0 saturated heterocycles. The van der Waals surface area contributed by atoms with Crippen molar-refractivity contribution in [1.82, 2.24) is 19.6 Å². The zero-order chi connectivity index (χ0) is 17.8. The summed E-state index contributed by atoms with van der Waals surface area (Å²) in [5.41, 5.74) is 4.65. The average molecular weight is 339 g/mol. The highest BCUT2D eigenvalue weighted by Crippen LogP contribution is 2.16. The number of carbonyl (C=O) groups excluding carboxylic acids is 1. The van der Waals surface area contributed by atoms with Crippen LogP contribution in [0.15, 0.2) is 30.6 Å². The highest BCUT2D eigenvalue weighted by molar-refractivity contribution is 5.90. The average Bonchev–Trinajstić information content (AvgIpc) is 3.05. The van der Waals surface area contributed by atoms with Crippen LogP contribution in [0.25, 0.3) is 5.78 Å². The molecule has 0 unspecified atom stereocenters. The van der Waals surface area contributed by atoms with Crippen LogP contribution in [-0.2, 0) is 17.6 Å². The lowest BCUT2D eigenvalue weighted by molar-refractivity contribution is -0.116. The number of nitrogens with zero attached hydrogens (tertiary/aromatic N) is 4. The minimum absolute atomic E-state index is 0.0487. The van der Waals surface area contributed by atoms with Crippen molar-refractivity contribution < 1.29 is 9.90 Å². The number of carbonyl (C=O) groups is 1. The molecule has 1 aromatic carbocycles. The van der Waals surface area contributed by atoms with Gasteiger partial charge in [-0.05, 0) is 49.9 Å². The molecule has 3 aromatic rings. The Kier molecular flexibility index (Phi) is 5.04. The lowest BCUT2D eigenvalue weighted by Gasteiger charge is -2.11. The van der Waals surface area contributed by atoms with Crippen molar-refractivity contribution in [3.05, 3.63) is 53.1 Å². The fourth-order valence-corrected chi connectivity index (χ4v) is 2.86. The third-order valence-electron chi connectivity index (χ3n) is 4.23. The number of aryl methyl sites for hydroxylation is 2. The first-order valence-corrected chi connectivity index (χ1v) is 8.24. The molecule has 0 aliphatic heterocycles. The Morgan fingerprint density at radius 3 is 2.68 bits per heavy atom. The monoisotopic (exact) mass is 339 g/mol. The van der Waals surface area contributed by atoms with Gasteiger partial charge in [0.25, 0.3) is 5.78 Å². The number of nitrogens with one attached hydrogen (secondary N) is 1. The number of hydrogen-bond acceptors (Lipinski definition) is 5. The fourth-order valence-electron chi connectivity index (χ4n) is 2.86. The second-order valence-electron chi connectivity index (χ2n) is 5.95. The molecule has 1 amide bonds. The normalized spacial score (nSPS) is 11.0. The van der Waals surface area contributed by atoms with Crippen LogP contribution in [0.2, 0.25) is 0 Å². The lowest BCUT2D eigenvalue weighted by Crippen LogP contribution is -2.14. The number of hydrogen-bond donors (Lipinski definition) is 2. The summed E-state index contributed by atoms with van der Waals surface area (Å²) in [5.74, 6) is 0.526. The molecule has 2 aromatic heterocycles. The van der Waals surface area contributed by atoms with E-state index in [0.717, 1.165) is 28.2 Å². The van der Waals surface area contributed by atoms with Crippen LogP contribution < -0.4 is 5.32 Å². The molecular weight excluding hydrogens is 318 g/mol. The van der Waals surface area contributed by atoms with Gasteiger partial charge in [0.1, 0.15) is 6.33 Å². The Morgan fingerprint density at radius 1 is 1.20 bits per heavy atom. The zero-order valence-corrected chi connectivity index (χ0v) is 14.4. The number of aliphatic hydroxyl groups is 1. The van der Waals surface area contributed by atoms with Gasteiger partial charge in [0.2, 0.25) is 5.91 Å². The summed E-state index contributed by atoms with van der Waals surface area (Å²) in [7, 11) is 0. The van der Waals surface area contributed by atoms with Crippen molar-refractivity contribution in [2.75, 3.05) is 11.9 Å². The summed E-state index contributed by atoms with van der Waals surface area (Å²) >= 11 is 0. The first kappa shape index (κ1) is 17.0. The Balaban J connectivity index is 1.64. The Morgan fingerprint density at radius 2 is 1.96 bits per heavy atom. The molecule has 2 N–H and O–H groups in total. The number of amides is 1. The molecule has 25 heavy (non-hydrogen) atoms. The second kappa shape index (κ2) is 7.40. The van der Waals surface area contributed by atoms with Gasteiger partial charge in [-0.15, -0.1) is 0 Å². The minimum atomic E-state index is -0.0487. The largest absolute Gasteiger partial charge is 0.396 e. The minimum Gasteiger partial charge on any atom is -0.396 e. The molecule has 3 rings (SSSR count). The van der Waals surface area contributed by atoms with Crippen molar-refractivity contribution in [3.63, 3.8) is 0 Å². The van der Waals surface area contributed by atoms with Gasteiger partial charge >= 0.3 is 0 Å². The van der Waals surface area contributed by atoms with E-state index in [-0.39, 0.29) is 12.5 Å². The highest BCUT2D eigenvalue weighted by Gasteiger charge is 2.12. The second-order valence-corrected chi connectivity index (χ2v) is 5.95. The number of fused-ring (bicyclic) bond motifs is 1. The quantitative estimate of drug-likeness (QED) is 0.715. The van der Waals surface area contributed by atoms with Crippen LogP contribution in [-0.4, -0.2) is 37.2 Å². The molecule has 2 heterocycles. The predicted molar refractivity (Wildman–Crippen MR) is 94.4 cm³/mol. The molecule has 0 spiro atoms.